The highest BCUT2D eigenvalue weighted by Gasteiger charge is 2.24. The first-order chi connectivity index (χ1) is 9.54. The zero-order valence-electron chi connectivity index (χ0n) is 11.7. The molecule has 0 bridgehead atoms. The summed E-state index contributed by atoms with van der Waals surface area (Å²) in [5.74, 6) is 1.27. The predicted octanol–water partition coefficient (Wildman–Crippen LogP) is 4.40. The van der Waals surface area contributed by atoms with Crippen molar-refractivity contribution in [1.82, 2.24) is 0 Å². The van der Waals surface area contributed by atoms with E-state index in [0.29, 0.717) is 16.9 Å². The Labute approximate surface area is 128 Å². The van der Waals surface area contributed by atoms with Crippen molar-refractivity contribution in [1.29, 1.82) is 0 Å². The first-order valence-electron chi connectivity index (χ1n) is 7.00. The molecule has 1 aromatic carbocycles. The lowest BCUT2D eigenvalue weighted by Gasteiger charge is -2.36. The van der Waals surface area contributed by atoms with Crippen LogP contribution in [0.1, 0.15) is 20.3 Å². The van der Waals surface area contributed by atoms with E-state index in [9.17, 15) is 4.79 Å². The van der Waals surface area contributed by atoms with E-state index < -0.39 is 0 Å². The Morgan fingerprint density at radius 1 is 1.25 bits per heavy atom. The van der Waals surface area contributed by atoms with Gasteiger partial charge in [0, 0.05) is 33.6 Å². The van der Waals surface area contributed by atoms with E-state index in [-0.39, 0.29) is 5.43 Å². The predicted molar refractivity (Wildman–Crippen MR) is 88.3 cm³/mol. The molecule has 0 saturated carbocycles. The smallest absolute Gasteiger partial charge is 0.211 e. The topological polar surface area (TPSA) is 20.3 Å². The van der Waals surface area contributed by atoms with Crippen molar-refractivity contribution in [2.24, 2.45) is 11.8 Å². The van der Waals surface area contributed by atoms with E-state index in [1.54, 1.807) is 17.4 Å². The quantitative estimate of drug-likeness (QED) is 0.778. The molecule has 2 unspecified atom stereocenters. The zero-order valence-corrected chi connectivity index (χ0v) is 13.3. The summed E-state index contributed by atoms with van der Waals surface area (Å²) in [7, 11) is 0. The zero-order chi connectivity index (χ0) is 14.3. The van der Waals surface area contributed by atoms with Crippen LogP contribution in [0.15, 0.2) is 28.4 Å². The molecule has 1 aromatic heterocycles. The van der Waals surface area contributed by atoms with Crippen molar-refractivity contribution >= 4 is 38.7 Å². The number of halogens is 1. The van der Waals surface area contributed by atoms with Gasteiger partial charge >= 0.3 is 0 Å². The third-order valence-electron chi connectivity index (χ3n) is 3.93. The van der Waals surface area contributed by atoms with Crippen LogP contribution < -0.4 is 10.3 Å². The van der Waals surface area contributed by atoms with Gasteiger partial charge in [0.15, 0.2) is 0 Å². The van der Waals surface area contributed by atoms with E-state index in [4.69, 9.17) is 11.6 Å². The third kappa shape index (κ3) is 2.57. The fourth-order valence-electron chi connectivity index (χ4n) is 3.17. The largest absolute Gasteiger partial charge is 0.367 e. The van der Waals surface area contributed by atoms with E-state index in [2.05, 4.69) is 18.7 Å². The normalized spacial score (nSPS) is 23.2. The number of benzene rings is 1. The van der Waals surface area contributed by atoms with Crippen molar-refractivity contribution in [3.63, 3.8) is 0 Å². The summed E-state index contributed by atoms with van der Waals surface area (Å²) in [6.45, 7) is 6.46. The van der Waals surface area contributed by atoms with E-state index >= 15 is 0 Å². The van der Waals surface area contributed by atoms with Gasteiger partial charge in [0.2, 0.25) is 5.43 Å². The molecule has 1 saturated heterocycles. The minimum Gasteiger partial charge on any atom is -0.367 e. The van der Waals surface area contributed by atoms with Crippen LogP contribution in [0, 0.1) is 11.8 Å². The maximum absolute atomic E-state index is 12.7. The van der Waals surface area contributed by atoms with Gasteiger partial charge in [-0.3, -0.25) is 4.79 Å². The van der Waals surface area contributed by atoms with Crippen LogP contribution in [0.4, 0.5) is 5.69 Å². The second-order valence-corrected chi connectivity index (χ2v) is 7.29. The van der Waals surface area contributed by atoms with Gasteiger partial charge in [0.05, 0.1) is 5.69 Å². The van der Waals surface area contributed by atoms with Crippen LogP contribution in [-0.2, 0) is 0 Å². The van der Waals surface area contributed by atoms with Crippen LogP contribution in [0.3, 0.4) is 0 Å². The van der Waals surface area contributed by atoms with Crippen molar-refractivity contribution in [2.75, 3.05) is 18.0 Å². The molecule has 0 radical (unpaired) electrons. The number of rotatable bonds is 1. The summed E-state index contributed by atoms with van der Waals surface area (Å²) in [5.41, 5.74) is 0.950. The van der Waals surface area contributed by atoms with E-state index in [0.717, 1.165) is 28.9 Å². The molecule has 106 valence electrons. The Bertz CT molecular complexity index is 686. The maximum Gasteiger partial charge on any atom is 0.211 e. The van der Waals surface area contributed by atoms with Crippen molar-refractivity contribution in [3.8, 4) is 0 Å². The Morgan fingerprint density at radius 3 is 2.65 bits per heavy atom. The number of hydrogen-bond acceptors (Lipinski definition) is 3. The highest BCUT2D eigenvalue weighted by Crippen LogP contribution is 2.28. The average molecular weight is 308 g/mol. The molecule has 0 amide bonds. The molecule has 1 aliphatic rings. The monoisotopic (exact) mass is 307 g/mol. The molecule has 2 heterocycles. The summed E-state index contributed by atoms with van der Waals surface area (Å²) in [6, 6.07) is 5.55. The molecule has 2 nitrogen and oxygen atoms in total. The highest BCUT2D eigenvalue weighted by molar-refractivity contribution is 7.16. The van der Waals surface area contributed by atoms with Crippen LogP contribution in [0.25, 0.3) is 10.1 Å². The molecule has 3 rings (SSSR count). The fourth-order valence-corrected chi connectivity index (χ4v) is 4.26. The van der Waals surface area contributed by atoms with Gasteiger partial charge in [-0.15, -0.1) is 11.3 Å². The summed E-state index contributed by atoms with van der Waals surface area (Å²) in [5, 5.41) is 3.37. The van der Waals surface area contributed by atoms with Crippen LogP contribution in [-0.4, -0.2) is 13.1 Å². The molecular weight excluding hydrogens is 290 g/mol. The summed E-state index contributed by atoms with van der Waals surface area (Å²) < 4.78 is 1.00. The third-order valence-corrected chi connectivity index (χ3v) is 5.11. The number of piperidine rings is 1. The molecule has 0 aliphatic carbocycles. The number of nitrogens with zero attached hydrogens (tertiary/aromatic N) is 1. The molecule has 2 aromatic rings. The minimum atomic E-state index is 0.113. The van der Waals surface area contributed by atoms with Gasteiger partial charge in [0.25, 0.3) is 0 Å². The Morgan fingerprint density at radius 2 is 1.95 bits per heavy atom. The molecule has 1 aliphatic heterocycles. The molecule has 2 atom stereocenters. The van der Waals surface area contributed by atoms with Crippen molar-refractivity contribution in [3.05, 3.63) is 38.8 Å². The van der Waals surface area contributed by atoms with Gasteiger partial charge in [-0.2, -0.15) is 0 Å². The van der Waals surface area contributed by atoms with Gasteiger partial charge in [-0.05, 0) is 36.5 Å². The van der Waals surface area contributed by atoms with Crippen molar-refractivity contribution in [2.45, 2.75) is 20.3 Å². The summed E-state index contributed by atoms with van der Waals surface area (Å²) in [6.07, 6.45) is 1.24. The first kappa shape index (κ1) is 13.9. The minimum absolute atomic E-state index is 0.113. The second-order valence-electron chi connectivity index (χ2n) is 5.94. The summed E-state index contributed by atoms with van der Waals surface area (Å²) in [4.78, 5) is 14.9. The van der Waals surface area contributed by atoms with Gasteiger partial charge in [0.1, 0.15) is 0 Å². The van der Waals surface area contributed by atoms with Gasteiger partial charge < -0.3 is 4.90 Å². The number of fused-ring (bicyclic) bond motifs is 1. The molecule has 20 heavy (non-hydrogen) atoms. The molecule has 0 spiro atoms. The molecule has 1 fully saturated rings. The first-order valence-corrected chi connectivity index (χ1v) is 8.26. The van der Waals surface area contributed by atoms with E-state index in [1.165, 1.54) is 6.42 Å². The Kier molecular flexibility index (Phi) is 3.74. The second kappa shape index (κ2) is 5.38. The Balaban J connectivity index is 2.08. The number of hydrogen-bond donors (Lipinski definition) is 0. The average Bonchev–Trinajstić information content (AvgIpc) is 2.38. The molecule has 0 N–H and O–H groups in total. The van der Waals surface area contributed by atoms with Crippen LogP contribution in [0.2, 0.25) is 5.02 Å². The number of anilines is 1. The fraction of sp³-hybridized carbons (Fsp3) is 0.438. The molecule has 4 heteroatoms. The lowest BCUT2D eigenvalue weighted by atomic mass is 9.91. The van der Waals surface area contributed by atoms with Crippen LogP contribution in [0.5, 0.6) is 0 Å². The SMILES string of the molecule is CC1CC(C)CN(c2csc3ccc(Cl)cc3c2=O)C1. The lowest BCUT2D eigenvalue weighted by Crippen LogP contribution is -2.40. The van der Waals surface area contributed by atoms with E-state index in [1.807, 2.05) is 17.5 Å². The van der Waals surface area contributed by atoms with Gasteiger partial charge in [-0.1, -0.05) is 25.4 Å². The molecular formula is C16H18ClNOS. The lowest BCUT2D eigenvalue weighted by molar-refractivity contribution is 0.356. The maximum atomic E-state index is 12.7. The Hall–Kier alpha value is -1.06. The van der Waals surface area contributed by atoms with Gasteiger partial charge in [-0.25, -0.2) is 0 Å². The van der Waals surface area contributed by atoms with Crippen molar-refractivity contribution < 1.29 is 0 Å². The highest BCUT2D eigenvalue weighted by atomic mass is 35.5. The van der Waals surface area contributed by atoms with Crippen LogP contribution >= 0.6 is 22.9 Å². The summed E-state index contributed by atoms with van der Waals surface area (Å²) >= 11 is 7.65. The standard InChI is InChI=1S/C16H18ClNOS/c1-10-5-11(2)8-18(7-10)14-9-20-15-4-3-12(17)6-13(15)16(14)19/h3-4,6,9-11H,5,7-8H2,1-2H3.